The van der Waals surface area contributed by atoms with Gasteiger partial charge in [0.15, 0.2) is 0 Å². The topological polar surface area (TPSA) is 55.8 Å². The Hall–Kier alpha value is -1.96. The summed E-state index contributed by atoms with van der Waals surface area (Å²) >= 11 is 0. The lowest BCUT2D eigenvalue weighted by molar-refractivity contribution is 0.0909. The highest BCUT2D eigenvalue weighted by Crippen LogP contribution is 2.23. The number of hydrogen-bond acceptors (Lipinski definition) is 4. The lowest BCUT2D eigenvalue weighted by Gasteiger charge is -2.25. The molecule has 146 valence electrons. The Balaban J connectivity index is 1.78. The molecule has 5 nitrogen and oxygen atoms in total. The van der Waals surface area contributed by atoms with Crippen molar-refractivity contribution in [3.63, 3.8) is 0 Å². The SMILES string of the molecule is Cc1ccc(F)c(S(=O)(=O)N(CCOc2ccccc2)CC2CCCO2)c1. The molecule has 1 unspecified atom stereocenters. The van der Waals surface area contributed by atoms with Gasteiger partial charge in [0.25, 0.3) is 0 Å². The number of hydrogen-bond donors (Lipinski definition) is 0. The van der Waals surface area contributed by atoms with Gasteiger partial charge in [-0.25, -0.2) is 12.8 Å². The van der Waals surface area contributed by atoms with E-state index in [2.05, 4.69) is 0 Å². The number of nitrogens with zero attached hydrogens (tertiary/aromatic N) is 1. The molecular weight excluding hydrogens is 369 g/mol. The van der Waals surface area contributed by atoms with Gasteiger partial charge in [-0.15, -0.1) is 0 Å². The van der Waals surface area contributed by atoms with Gasteiger partial charge in [0.2, 0.25) is 10.0 Å². The third-order valence-corrected chi connectivity index (χ3v) is 6.37. The molecule has 2 aromatic carbocycles. The average Bonchev–Trinajstić information content (AvgIpc) is 3.17. The van der Waals surface area contributed by atoms with Crippen molar-refractivity contribution in [3.05, 3.63) is 59.9 Å². The summed E-state index contributed by atoms with van der Waals surface area (Å²) in [7, 11) is -4.00. The molecule has 0 aliphatic carbocycles. The van der Waals surface area contributed by atoms with E-state index >= 15 is 0 Å². The summed E-state index contributed by atoms with van der Waals surface area (Å²) in [6, 6.07) is 13.3. The molecule has 0 radical (unpaired) electrons. The second kappa shape index (κ2) is 8.82. The number of halogens is 1. The maximum Gasteiger partial charge on any atom is 0.246 e. The third kappa shape index (κ3) is 5.06. The molecule has 0 spiro atoms. The van der Waals surface area contributed by atoms with Crippen LogP contribution in [0, 0.1) is 12.7 Å². The molecule has 0 bridgehead atoms. The second-order valence-electron chi connectivity index (χ2n) is 6.59. The maximum absolute atomic E-state index is 14.3. The van der Waals surface area contributed by atoms with Crippen LogP contribution in [0.4, 0.5) is 4.39 Å². The monoisotopic (exact) mass is 393 g/mol. The van der Waals surface area contributed by atoms with Gasteiger partial charge in [-0.05, 0) is 49.6 Å². The zero-order chi connectivity index (χ0) is 19.3. The van der Waals surface area contributed by atoms with Gasteiger partial charge >= 0.3 is 0 Å². The molecule has 7 heteroatoms. The molecule has 0 amide bonds. The molecule has 1 heterocycles. The van der Waals surface area contributed by atoms with Crippen molar-refractivity contribution in [3.8, 4) is 5.75 Å². The minimum Gasteiger partial charge on any atom is -0.492 e. The Bertz CT molecular complexity index is 852. The lowest BCUT2D eigenvalue weighted by Crippen LogP contribution is -2.40. The van der Waals surface area contributed by atoms with E-state index in [1.165, 1.54) is 16.4 Å². The van der Waals surface area contributed by atoms with Crippen LogP contribution in [0.2, 0.25) is 0 Å². The van der Waals surface area contributed by atoms with E-state index in [9.17, 15) is 12.8 Å². The molecule has 0 aromatic heterocycles. The predicted molar refractivity (Wildman–Crippen MR) is 101 cm³/mol. The number of aryl methyl sites for hydroxylation is 1. The van der Waals surface area contributed by atoms with Crippen LogP contribution in [0.15, 0.2) is 53.4 Å². The van der Waals surface area contributed by atoms with E-state index in [0.717, 1.165) is 12.8 Å². The van der Waals surface area contributed by atoms with E-state index in [1.54, 1.807) is 25.1 Å². The van der Waals surface area contributed by atoms with Crippen molar-refractivity contribution in [1.82, 2.24) is 4.31 Å². The Morgan fingerprint density at radius 1 is 1.22 bits per heavy atom. The van der Waals surface area contributed by atoms with Crippen LogP contribution in [0.1, 0.15) is 18.4 Å². The third-order valence-electron chi connectivity index (χ3n) is 4.49. The first-order valence-electron chi connectivity index (χ1n) is 9.02. The van der Waals surface area contributed by atoms with E-state index in [1.807, 2.05) is 18.2 Å². The minimum absolute atomic E-state index is 0.116. The fourth-order valence-corrected chi connectivity index (χ4v) is 4.66. The number of para-hydroxylation sites is 1. The first kappa shape index (κ1) is 19.8. The highest BCUT2D eigenvalue weighted by molar-refractivity contribution is 7.89. The molecule has 1 aliphatic rings. The summed E-state index contributed by atoms with van der Waals surface area (Å²) in [5.74, 6) is -0.0874. The van der Waals surface area contributed by atoms with Gasteiger partial charge in [0.1, 0.15) is 23.1 Å². The molecule has 1 aliphatic heterocycles. The van der Waals surface area contributed by atoms with E-state index in [4.69, 9.17) is 9.47 Å². The molecule has 2 aromatic rings. The summed E-state index contributed by atoms with van der Waals surface area (Å²) in [5, 5.41) is 0. The summed E-state index contributed by atoms with van der Waals surface area (Å²) < 4.78 is 53.0. The summed E-state index contributed by atoms with van der Waals surface area (Å²) in [6.45, 7) is 2.83. The molecule has 1 atom stereocenters. The normalized spacial score (nSPS) is 17.4. The predicted octanol–water partition coefficient (Wildman–Crippen LogP) is 3.38. The Kier molecular flexibility index (Phi) is 6.46. The van der Waals surface area contributed by atoms with Crippen LogP contribution in [0.5, 0.6) is 5.75 Å². The smallest absolute Gasteiger partial charge is 0.246 e. The standard InChI is InChI=1S/C20H24FNO4S/c1-16-9-10-19(21)20(14-16)27(23,24)22(15-18-8-5-12-25-18)11-13-26-17-6-3-2-4-7-17/h2-4,6-7,9-10,14,18H,5,8,11-13,15H2,1H3. The van der Waals surface area contributed by atoms with Crippen LogP contribution in [-0.2, 0) is 14.8 Å². The Morgan fingerprint density at radius 3 is 2.70 bits per heavy atom. The van der Waals surface area contributed by atoms with Crippen LogP contribution in [0.25, 0.3) is 0 Å². The lowest BCUT2D eigenvalue weighted by atomic mass is 10.2. The van der Waals surface area contributed by atoms with Crippen molar-refractivity contribution in [1.29, 1.82) is 0 Å². The maximum atomic E-state index is 14.3. The molecule has 3 rings (SSSR count). The zero-order valence-electron chi connectivity index (χ0n) is 15.3. The van der Waals surface area contributed by atoms with Gasteiger partial charge in [0.05, 0.1) is 6.10 Å². The quantitative estimate of drug-likeness (QED) is 0.690. The second-order valence-corrected chi connectivity index (χ2v) is 8.50. The first-order valence-corrected chi connectivity index (χ1v) is 10.5. The first-order chi connectivity index (χ1) is 13.0. The highest BCUT2D eigenvalue weighted by atomic mass is 32.2. The van der Waals surface area contributed by atoms with Crippen molar-refractivity contribution in [2.45, 2.75) is 30.8 Å². The Morgan fingerprint density at radius 2 is 2.00 bits per heavy atom. The molecular formula is C20H24FNO4S. The number of rotatable bonds is 8. The van der Waals surface area contributed by atoms with Gasteiger partial charge in [-0.2, -0.15) is 4.31 Å². The molecule has 0 saturated carbocycles. The van der Waals surface area contributed by atoms with E-state index in [-0.39, 0.29) is 30.7 Å². The van der Waals surface area contributed by atoms with Crippen LogP contribution in [-0.4, -0.2) is 45.1 Å². The number of ether oxygens (including phenoxy) is 2. The molecule has 1 saturated heterocycles. The van der Waals surface area contributed by atoms with Crippen LogP contribution < -0.4 is 4.74 Å². The van der Waals surface area contributed by atoms with Crippen molar-refractivity contribution in [2.24, 2.45) is 0 Å². The fraction of sp³-hybridized carbons (Fsp3) is 0.400. The summed E-state index contributed by atoms with van der Waals surface area (Å²) in [6.07, 6.45) is 1.52. The average molecular weight is 393 g/mol. The van der Waals surface area contributed by atoms with Crippen molar-refractivity contribution >= 4 is 10.0 Å². The van der Waals surface area contributed by atoms with Crippen molar-refractivity contribution < 1.29 is 22.3 Å². The number of benzene rings is 2. The molecule has 27 heavy (non-hydrogen) atoms. The van der Waals surface area contributed by atoms with E-state index < -0.39 is 15.8 Å². The van der Waals surface area contributed by atoms with Crippen LogP contribution >= 0.6 is 0 Å². The minimum atomic E-state index is -4.00. The summed E-state index contributed by atoms with van der Waals surface area (Å²) in [4.78, 5) is -0.305. The largest absolute Gasteiger partial charge is 0.492 e. The number of sulfonamides is 1. The molecule has 1 fully saturated rings. The van der Waals surface area contributed by atoms with Crippen molar-refractivity contribution in [2.75, 3.05) is 26.3 Å². The molecule has 0 N–H and O–H groups in total. The van der Waals surface area contributed by atoms with Crippen LogP contribution in [0.3, 0.4) is 0 Å². The van der Waals surface area contributed by atoms with Gasteiger partial charge < -0.3 is 9.47 Å². The van der Waals surface area contributed by atoms with E-state index in [0.29, 0.717) is 17.9 Å². The highest BCUT2D eigenvalue weighted by Gasteiger charge is 2.31. The van der Waals surface area contributed by atoms with Gasteiger partial charge in [-0.3, -0.25) is 0 Å². The Labute approximate surface area is 159 Å². The fourth-order valence-electron chi connectivity index (χ4n) is 3.05. The van der Waals surface area contributed by atoms with Gasteiger partial charge in [0, 0.05) is 19.7 Å². The summed E-state index contributed by atoms with van der Waals surface area (Å²) in [5.41, 5.74) is 0.688. The van der Waals surface area contributed by atoms with Gasteiger partial charge in [-0.1, -0.05) is 24.3 Å². The zero-order valence-corrected chi connectivity index (χ0v) is 16.1.